The van der Waals surface area contributed by atoms with Crippen molar-refractivity contribution in [2.75, 3.05) is 24.7 Å². The Morgan fingerprint density at radius 3 is 3.07 bits per heavy atom. The van der Waals surface area contributed by atoms with E-state index >= 15 is 0 Å². The summed E-state index contributed by atoms with van der Waals surface area (Å²) in [5.41, 5.74) is 3.39. The Hall–Kier alpha value is -2.47. The van der Waals surface area contributed by atoms with E-state index in [1.807, 2.05) is 29.9 Å². The Kier molecular flexibility index (Phi) is 5.34. The summed E-state index contributed by atoms with van der Waals surface area (Å²) in [6.45, 7) is 0.729. The molecule has 0 saturated heterocycles. The molecule has 0 spiro atoms. The molecule has 0 fully saturated rings. The van der Waals surface area contributed by atoms with Gasteiger partial charge in [0, 0.05) is 36.8 Å². The number of aromatic nitrogens is 6. The van der Waals surface area contributed by atoms with Gasteiger partial charge >= 0.3 is 0 Å². The van der Waals surface area contributed by atoms with E-state index < -0.39 is 11.2 Å². The van der Waals surface area contributed by atoms with E-state index in [-0.39, 0.29) is 0 Å². The van der Waals surface area contributed by atoms with Gasteiger partial charge in [0.2, 0.25) is 0 Å². The summed E-state index contributed by atoms with van der Waals surface area (Å²) in [5.74, 6) is 1.70. The summed E-state index contributed by atoms with van der Waals surface area (Å²) in [5, 5.41) is 13.9. The van der Waals surface area contributed by atoms with E-state index in [1.54, 1.807) is 18.6 Å². The van der Waals surface area contributed by atoms with Crippen molar-refractivity contribution in [2.24, 2.45) is 0 Å². The summed E-state index contributed by atoms with van der Waals surface area (Å²) in [7, 11) is 1.85. The SMILES string of the molecule is CNCC[S+]([O-])Cc1cc(Nc2nccn3c(-c4cn[nH]c4)cnc23)sn1. The zero-order chi connectivity index (χ0) is 18.6. The van der Waals surface area contributed by atoms with Gasteiger partial charge in [0.1, 0.15) is 22.2 Å². The lowest BCUT2D eigenvalue weighted by Gasteiger charge is -2.08. The first-order valence-corrected chi connectivity index (χ1v) is 10.5. The van der Waals surface area contributed by atoms with Crippen LogP contribution < -0.4 is 10.6 Å². The Morgan fingerprint density at radius 1 is 1.33 bits per heavy atom. The maximum absolute atomic E-state index is 12.0. The van der Waals surface area contributed by atoms with Crippen LogP contribution in [0.1, 0.15) is 5.69 Å². The van der Waals surface area contributed by atoms with Crippen LogP contribution in [0.4, 0.5) is 10.8 Å². The topological polar surface area (TPSA) is 119 Å². The number of H-pyrrole nitrogens is 1. The molecule has 0 saturated carbocycles. The maximum Gasteiger partial charge on any atom is 0.180 e. The highest BCUT2D eigenvalue weighted by Crippen LogP contribution is 2.26. The molecule has 0 bridgehead atoms. The van der Waals surface area contributed by atoms with E-state index in [4.69, 9.17) is 0 Å². The molecular weight excluding hydrogens is 384 g/mol. The maximum atomic E-state index is 12.0. The highest BCUT2D eigenvalue weighted by molar-refractivity contribution is 7.90. The Morgan fingerprint density at radius 2 is 2.26 bits per heavy atom. The van der Waals surface area contributed by atoms with E-state index in [1.165, 1.54) is 11.5 Å². The van der Waals surface area contributed by atoms with Crippen LogP contribution in [0.3, 0.4) is 0 Å². The average Bonchev–Trinajstić information content (AvgIpc) is 3.40. The Bertz CT molecular complexity index is 1010. The largest absolute Gasteiger partial charge is 0.616 e. The average molecular weight is 403 g/mol. The molecule has 0 aliphatic heterocycles. The van der Waals surface area contributed by atoms with Gasteiger partial charge in [0.15, 0.2) is 11.5 Å². The zero-order valence-corrected chi connectivity index (χ0v) is 16.2. The van der Waals surface area contributed by atoms with Gasteiger partial charge in [0.25, 0.3) is 0 Å². The van der Waals surface area contributed by atoms with Crippen LogP contribution in [0.5, 0.6) is 0 Å². The van der Waals surface area contributed by atoms with Crippen LogP contribution in [0.2, 0.25) is 0 Å². The summed E-state index contributed by atoms with van der Waals surface area (Å²) < 4.78 is 18.3. The molecule has 11 heteroatoms. The molecule has 1 unspecified atom stereocenters. The highest BCUT2D eigenvalue weighted by Gasteiger charge is 2.14. The number of hydrogen-bond donors (Lipinski definition) is 3. The monoisotopic (exact) mass is 402 g/mol. The Labute approximate surface area is 162 Å². The predicted octanol–water partition coefficient (Wildman–Crippen LogP) is 1.79. The van der Waals surface area contributed by atoms with Crippen LogP contribution in [0.25, 0.3) is 16.9 Å². The third kappa shape index (κ3) is 3.95. The summed E-state index contributed by atoms with van der Waals surface area (Å²) in [4.78, 5) is 8.88. The second kappa shape index (κ2) is 8.05. The number of nitrogens with one attached hydrogen (secondary N) is 3. The first kappa shape index (κ1) is 17.9. The summed E-state index contributed by atoms with van der Waals surface area (Å²) in [6, 6.07) is 1.91. The quantitative estimate of drug-likeness (QED) is 0.384. The number of rotatable bonds is 8. The summed E-state index contributed by atoms with van der Waals surface area (Å²) in [6.07, 6.45) is 8.94. The van der Waals surface area contributed by atoms with Crippen LogP contribution >= 0.6 is 11.5 Å². The van der Waals surface area contributed by atoms with Crippen LogP contribution in [0.15, 0.2) is 37.1 Å². The van der Waals surface area contributed by atoms with Gasteiger partial charge in [-0.25, -0.2) is 9.97 Å². The third-order valence-electron chi connectivity index (χ3n) is 3.91. The molecule has 9 nitrogen and oxygen atoms in total. The molecule has 3 N–H and O–H groups in total. The minimum absolute atomic E-state index is 0.450. The van der Waals surface area contributed by atoms with Crippen molar-refractivity contribution in [1.82, 2.24) is 34.3 Å². The second-order valence-corrected chi connectivity index (χ2v) is 8.18. The van der Waals surface area contributed by atoms with Crippen molar-refractivity contribution >= 4 is 39.2 Å². The Balaban J connectivity index is 1.53. The number of aromatic amines is 1. The smallest absolute Gasteiger partial charge is 0.180 e. The lowest BCUT2D eigenvalue weighted by molar-refractivity contribution is 0.591. The van der Waals surface area contributed by atoms with E-state index in [2.05, 4.69) is 35.2 Å². The molecule has 0 aromatic carbocycles. The molecular formula is C16H18N8OS2. The van der Waals surface area contributed by atoms with Gasteiger partial charge in [-0.2, -0.15) is 9.47 Å². The van der Waals surface area contributed by atoms with Crippen molar-refractivity contribution in [1.29, 1.82) is 0 Å². The van der Waals surface area contributed by atoms with Crippen molar-refractivity contribution in [3.63, 3.8) is 0 Å². The molecule has 1 atom stereocenters. The number of fused-ring (bicyclic) bond motifs is 1. The molecule has 140 valence electrons. The highest BCUT2D eigenvalue weighted by atomic mass is 32.2. The zero-order valence-electron chi connectivity index (χ0n) is 14.5. The first-order valence-electron chi connectivity index (χ1n) is 8.28. The molecule has 0 aliphatic rings. The molecule has 0 amide bonds. The molecule has 4 aromatic rings. The van der Waals surface area contributed by atoms with E-state index in [0.717, 1.165) is 28.5 Å². The van der Waals surface area contributed by atoms with Crippen LogP contribution in [-0.2, 0) is 16.9 Å². The summed E-state index contributed by atoms with van der Waals surface area (Å²) >= 11 is 0.393. The van der Waals surface area contributed by atoms with Gasteiger partial charge in [-0.1, -0.05) is 0 Å². The van der Waals surface area contributed by atoms with Gasteiger partial charge in [-0.05, 0) is 29.8 Å². The molecule has 0 radical (unpaired) electrons. The first-order chi connectivity index (χ1) is 13.2. The minimum atomic E-state index is -0.927. The molecule has 27 heavy (non-hydrogen) atoms. The fraction of sp³-hybridized carbons (Fsp3) is 0.250. The number of anilines is 2. The number of hydrogen-bond acceptors (Lipinski definition) is 8. The molecule has 4 heterocycles. The van der Waals surface area contributed by atoms with E-state index in [9.17, 15) is 4.55 Å². The van der Waals surface area contributed by atoms with Crippen LogP contribution in [0, 0.1) is 0 Å². The third-order valence-corrected chi connectivity index (χ3v) is 5.93. The second-order valence-electron chi connectivity index (χ2n) is 5.80. The van der Waals surface area contributed by atoms with Gasteiger partial charge < -0.3 is 15.2 Å². The lowest BCUT2D eigenvalue weighted by atomic mass is 10.3. The fourth-order valence-electron chi connectivity index (χ4n) is 2.62. The number of nitrogens with zero attached hydrogens (tertiary/aromatic N) is 5. The molecule has 4 aromatic heterocycles. The van der Waals surface area contributed by atoms with Crippen LogP contribution in [-0.4, -0.2) is 52.8 Å². The van der Waals surface area contributed by atoms with Crippen molar-refractivity contribution in [3.05, 3.63) is 42.7 Å². The molecule has 4 rings (SSSR count). The van der Waals surface area contributed by atoms with Crippen molar-refractivity contribution in [3.8, 4) is 11.3 Å². The van der Waals surface area contributed by atoms with E-state index in [0.29, 0.717) is 23.0 Å². The van der Waals surface area contributed by atoms with Crippen molar-refractivity contribution < 1.29 is 4.55 Å². The van der Waals surface area contributed by atoms with Gasteiger partial charge in [-0.15, -0.1) is 0 Å². The van der Waals surface area contributed by atoms with Gasteiger partial charge in [0.05, 0.1) is 18.1 Å². The predicted molar refractivity (Wildman–Crippen MR) is 107 cm³/mol. The van der Waals surface area contributed by atoms with Gasteiger partial charge in [-0.3, -0.25) is 9.50 Å². The molecule has 0 aliphatic carbocycles. The lowest BCUT2D eigenvalue weighted by Crippen LogP contribution is -2.20. The fourth-order valence-corrected chi connectivity index (χ4v) is 4.42. The minimum Gasteiger partial charge on any atom is -0.616 e. The van der Waals surface area contributed by atoms with Crippen molar-refractivity contribution in [2.45, 2.75) is 5.75 Å². The normalized spacial score (nSPS) is 12.5. The standard InChI is InChI=1S/C16H18N8OS2/c1-17-3-5-27(25)10-12-6-14(26-23-12)22-15-16-19-9-13(11-7-20-21-8-11)24(16)4-2-18-15/h2,4,6-9,17H,3,5,10H2,1H3,(H,18,22)(H,20,21). The number of imidazole rings is 1.